The Kier molecular flexibility index (Phi) is 3.82. The van der Waals surface area contributed by atoms with Crippen molar-refractivity contribution in [3.63, 3.8) is 0 Å². The molecule has 1 atom stereocenters. The zero-order valence-corrected chi connectivity index (χ0v) is 12.6. The molecule has 0 amide bonds. The third kappa shape index (κ3) is 2.77. The summed E-state index contributed by atoms with van der Waals surface area (Å²) in [7, 11) is 0. The Morgan fingerprint density at radius 2 is 1.72 bits per heavy atom. The second-order valence-corrected chi connectivity index (χ2v) is 6.58. The fourth-order valence-corrected chi connectivity index (χ4v) is 3.33. The lowest BCUT2D eigenvalue weighted by molar-refractivity contribution is 0.152. The molecule has 2 rings (SSSR count). The second-order valence-electron chi connectivity index (χ2n) is 6.58. The molecule has 1 N–H and O–H groups in total. The van der Waals surface area contributed by atoms with Gasteiger partial charge in [0.1, 0.15) is 0 Å². The third-order valence-corrected chi connectivity index (χ3v) is 4.57. The van der Waals surface area contributed by atoms with Crippen LogP contribution in [0.3, 0.4) is 0 Å². The Morgan fingerprint density at radius 1 is 1.17 bits per heavy atom. The van der Waals surface area contributed by atoms with Crippen molar-refractivity contribution in [2.75, 3.05) is 6.54 Å². The largest absolute Gasteiger partial charge is 0.310 e. The van der Waals surface area contributed by atoms with E-state index in [0.29, 0.717) is 11.5 Å². The van der Waals surface area contributed by atoms with Crippen molar-refractivity contribution >= 4 is 0 Å². The van der Waals surface area contributed by atoms with Crippen molar-refractivity contribution in [3.8, 4) is 0 Å². The molecule has 1 unspecified atom stereocenters. The van der Waals surface area contributed by atoms with E-state index in [1.54, 1.807) is 0 Å². The Hall–Kier alpha value is -0.820. The maximum atomic E-state index is 3.74. The minimum Gasteiger partial charge on any atom is -0.310 e. The van der Waals surface area contributed by atoms with Gasteiger partial charge in [0.2, 0.25) is 0 Å². The lowest BCUT2D eigenvalue weighted by atomic mass is 9.70. The van der Waals surface area contributed by atoms with Crippen LogP contribution in [0.15, 0.2) is 12.1 Å². The van der Waals surface area contributed by atoms with Gasteiger partial charge in [-0.05, 0) is 62.6 Å². The molecule has 0 aliphatic heterocycles. The normalized spacial score (nSPS) is 19.4. The van der Waals surface area contributed by atoms with Gasteiger partial charge in [-0.1, -0.05) is 31.0 Å². The van der Waals surface area contributed by atoms with Crippen molar-refractivity contribution in [1.29, 1.82) is 0 Å². The standard InChI is InChI=1S/C17H27N/c1-12-9-13(2)16(14(3)10-12)15(4)18-11-17(5)7-6-8-17/h9-10,15,18H,6-8,11H2,1-5H3. The summed E-state index contributed by atoms with van der Waals surface area (Å²) in [6.07, 6.45) is 4.19. The van der Waals surface area contributed by atoms with Crippen molar-refractivity contribution < 1.29 is 0 Å². The molecule has 1 aromatic rings. The zero-order valence-electron chi connectivity index (χ0n) is 12.6. The van der Waals surface area contributed by atoms with Gasteiger partial charge in [0, 0.05) is 12.6 Å². The summed E-state index contributed by atoms with van der Waals surface area (Å²) in [5.74, 6) is 0. The van der Waals surface area contributed by atoms with Crippen molar-refractivity contribution in [2.45, 2.75) is 59.9 Å². The van der Waals surface area contributed by atoms with Crippen LogP contribution in [0, 0.1) is 26.2 Å². The average Bonchev–Trinajstić information content (AvgIpc) is 2.22. The number of benzene rings is 1. The maximum absolute atomic E-state index is 3.74. The van der Waals surface area contributed by atoms with Crippen LogP contribution in [-0.2, 0) is 0 Å². The smallest absolute Gasteiger partial charge is 0.0297 e. The first-order valence-corrected chi connectivity index (χ1v) is 7.22. The predicted octanol–water partition coefficient (Wildman–Crippen LogP) is 4.45. The summed E-state index contributed by atoms with van der Waals surface area (Å²) in [6.45, 7) is 12.5. The van der Waals surface area contributed by atoms with Gasteiger partial charge in [-0.3, -0.25) is 0 Å². The highest BCUT2D eigenvalue weighted by Gasteiger charge is 2.31. The van der Waals surface area contributed by atoms with E-state index < -0.39 is 0 Å². The molecule has 0 saturated heterocycles. The fraction of sp³-hybridized carbons (Fsp3) is 0.647. The molecule has 100 valence electrons. The second kappa shape index (κ2) is 5.05. The molecule has 0 heterocycles. The Bertz CT molecular complexity index is 406. The molecule has 0 bridgehead atoms. The molecule has 0 radical (unpaired) electrons. The number of rotatable bonds is 4. The highest BCUT2D eigenvalue weighted by atomic mass is 14.9. The summed E-state index contributed by atoms with van der Waals surface area (Å²) in [4.78, 5) is 0. The molecule has 18 heavy (non-hydrogen) atoms. The van der Waals surface area contributed by atoms with Crippen LogP contribution in [-0.4, -0.2) is 6.54 Å². The lowest BCUT2D eigenvalue weighted by Crippen LogP contribution is -2.38. The number of nitrogens with one attached hydrogen (secondary N) is 1. The van der Waals surface area contributed by atoms with Crippen LogP contribution in [0.25, 0.3) is 0 Å². The molecule has 0 aromatic heterocycles. The van der Waals surface area contributed by atoms with E-state index in [9.17, 15) is 0 Å². The number of aryl methyl sites for hydroxylation is 3. The van der Waals surface area contributed by atoms with Crippen LogP contribution in [0.2, 0.25) is 0 Å². The van der Waals surface area contributed by atoms with Crippen LogP contribution < -0.4 is 5.32 Å². The van der Waals surface area contributed by atoms with Gasteiger partial charge >= 0.3 is 0 Å². The van der Waals surface area contributed by atoms with Gasteiger partial charge in [-0.25, -0.2) is 0 Å². The number of hydrogen-bond donors (Lipinski definition) is 1. The van der Waals surface area contributed by atoms with Crippen molar-refractivity contribution in [1.82, 2.24) is 5.32 Å². The van der Waals surface area contributed by atoms with E-state index in [-0.39, 0.29) is 0 Å². The maximum Gasteiger partial charge on any atom is 0.0297 e. The average molecular weight is 245 g/mol. The van der Waals surface area contributed by atoms with Gasteiger partial charge in [-0.2, -0.15) is 0 Å². The summed E-state index contributed by atoms with van der Waals surface area (Å²) < 4.78 is 0. The molecule has 1 aromatic carbocycles. The summed E-state index contributed by atoms with van der Waals surface area (Å²) >= 11 is 0. The Balaban J connectivity index is 2.06. The molecule has 1 nitrogen and oxygen atoms in total. The van der Waals surface area contributed by atoms with Crippen LogP contribution in [0.1, 0.15) is 61.4 Å². The molecule has 1 saturated carbocycles. The molecular formula is C17H27N. The topological polar surface area (TPSA) is 12.0 Å². The molecule has 1 fully saturated rings. The van der Waals surface area contributed by atoms with E-state index in [1.165, 1.54) is 41.5 Å². The lowest BCUT2D eigenvalue weighted by Gasteiger charge is -2.39. The van der Waals surface area contributed by atoms with Crippen LogP contribution in [0.4, 0.5) is 0 Å². The van der Waals surface area contributed by atoms with Crippen LogP contribution in [0.5, 0.6) is 0 Å². The quantitative estimate of drug-likeness (QED) is 0.826. The Morgan fingerprint density at radius 3 is 2.17 bits per heavy atom. The summed E-state index contributed by atoms with van der Waals surface area (Å²) in [6, 6.07) is 5.06. The third-order valence-electron chi connectivity index (χ3n) is 4.57. The van der Waals surface area contributed by atoms with Gasteiger partial charge in [0.05, 0.1) is 0 Å². The van der Waals surface area contributed by atoms with E-state index >= 15 is 0 Å². The SMILES string of the molecule is Cc1cc(C)c(C(C)NCC2(C)CCC2)c(C)c1. The van der Waals surface area contributed by atoms with Gasteiger partial charge in [0.25, 0.3) is 0 Å². The van der Waals surface area contributed by atoms with Crippen molar-refractivity contribution in [3.05, 3.63) is 34.4 Å². The summed E-state index contributed by atoms with van der Waals surface area (Å²) in [5.41, 5.74) is 6.26. The molecule has 1 heteroatoms. The van der Waals surface area contributed by atoms with E-state index in [0.717, 1.165) is 6.54 Å². The van der Waals surface area contributed by atoms with Gasteiger partial charge < -0.3 is 5.32 Å². The highest BCUT2D eigenvalue weighted by molar-refractivity contribution is 5.39. The molecule has 0 spiro atoms. The monoisotopic (exact) mass is 245 g/mol. The highest BCUT2D eigenvalue weighted by Crippen LogP contribution is 2.40. The van der Waals surface area contributed by atoms with Crippen molar-refractivity contribution in [2.24, 2.45) is 5.41 Å². The van der Waals surface area contributed by atoms with E-state index in [2.05, 4.69) is 52.1 Å². The molecule has 1 aliphatic carbocycles. The molecule has 1 aliphatic rings. The number of hydrogen-bond acceptors (Lipinski definition) is 1. The van der Waals surface area contributed by atoms with Crippen LogP contribution >= 0.6 is 0 Å². The van der Waals surface area contributed by atoms with E-state index in [4.69, 9.17) is 0 Å². The van der Waals surface area contributed by atoms with Gasteiger partial charge in [0.15, 0.2) is 0 Å². The minimum atomic E-state index is 0.461. The predicted molar refractivity (Wildman–Crippen MR) is 79.0 cm³/mol. The molecular weight excluding hydrogens is 218 g/mol. The first kappa shape index (κ1) is 13.6. The minimum absolute atomic E-state index is 0.461. The zero-order chi connectivity index (χ0) is 13.3. The fourth-order valence-electron chi connectivity index (χ4n) is 3.33. The first-order chi connectivity index (χ1) is 8.41. The Labute approximate surface area is 112 Å². The van der Waals surface area contributed by atoms with E-state index in [1.807, 2.05) is 0 Å². The van der Waals surface area contributed by atoms with Gasteiger partial charge in [-0.15, -0.1) is 0 Å². The summed E-state index contributed by atoms with van der Waals surface area (Å²) in [5, 5.41) is 3.74. The first-order valence-electron chi connectivity index (χ1n) is 7.22.